The minimum absolute atomic E-state index is 0.122. The first kappa shape index (κ1) is 13.8. The predicted molar refractivity (Wildman–Crippen MR) is 77.6 cm³/mol. The van der Waals surface area contributed by atoms with E-state index in [-0.39, 0.29) is 23.0 Å². The quantitative estimate of drug-likeness (QED) is 0.721. The number of nitrogens with zero attached hydrogens (tertiary/aromatic N) is 3. The Hall–Kier alpha value is -1.14. The molecule has 0 aliphatic carbocycles. The summed E-state index contributed by atoms with van der Waals surface area (Å²) in [5.41, 5.74) is 0.402. The standard InChI is InChI=1S/C13H13BrClN3O2/c14-8-5-10(12(15)16-6-8)13(20)17-3-4-18-9(7-17)1-2-11(18)19/h5-6,9H,1-4,7H2. The molecule has 5 nitrogen and oxygen atoms in total. The van der Waals surface area contributed by atoms with Crippen molar-refractivity contribution in [3.63, 3.8) is 0 Å². The monoisotopic (exact) mass is 357 g/mol. The molecule has 7 heteroatoms. The molecule has 2 aliphatic heterocycles. The average Bonchev–Trinajstić information content (AvgIpc) is 2.82. The van der Waals surface area contributed by atoms with Crippen molar-refractivity contribution in [1.82, 2.24) is 14.8 Å². The molecule has 1 aromatic heterocycles. The highest BCUT2D eigenvalue weighted by Crippen LogP contribution is 2.25. The third-order valence-corrected chi connectivity index (χ3v) is 4.55. The first-order chi connectivity index (χ1) is 9.56. The molecule has 20 heavy (non-hydrogen) atoms. The minimum atomic E-state index is -0.122. The predicted octanol–water partition coefficient (Wildman–Crippen LogP) is 1.94. The number of hydrogen-bond donors (Lipinski definition) is 0. The van der Waals surface area contributed by atoms with Crippen LogP contribution in [0.25, 0.3) is 0 Å². The molecule has 0 N–H and O–H groups in total. The van der Waals surface area contributed by atoms with Crippen molar-refractivity contribution < 1.29 is 9.59 Å². The summed E-state index contributed by atoms with van der Waals surface area (Å²) in [5, 5.41) is 0.211. The molecule has 1 unspecified atom stereocenters. The lowest BCUT2D eigenvalue weighted by molar-refractivity contribution is -0.130. The van der Waals surface area contributed by atoms with Gasteiger partial charge >= 0.3 is 0 Å². The van der Waals surface area contributed by atoms with Crippen molar-refractivity contribution in [2.75, 3.05) is 19.6 Å². The largest absolute Gasteiger partial charge is 0.336 e. The Kier molecular flexibility index (Phi) is 3.69. The number of piperazine rings is 1. The van der Waals surface area contributed by atoms with E-state index in [1.807, 2.05) is 4.90 Å². The van der Waals surface area contributed by atoms with Crippen molar-refractivity contribution in [3.8, 4) is 0 Å². The molecule has 0 spiro atoms. The average molecular weight is 359 g/mol. The number of pyridine rings is 1. The molecule has 0 bridgehead atoms. The van der Waals surface area contributed by atoms with E-state index in [1.54, 1.807) is 17.2 Å². The fourth-order valence-electron chi connectivity index (χ4n) is 2.79. The highest BCUT2D eigenvalue weighted by atomic mass is 79.9. The molecule has 0 radical (unpaired) electrons. The van der Waals surface area contributed by atoms with Gasteiger partial charge in [0.2, 0.25) is 5.91 Å². The summed E-state index contributed by atoms with van der Waals surface area (Å²) in [4.78, 5) is 31.8. The maximum absolute atomic E-state index is 12.5. The lowest BCUT2D eigenvalue weighted by atomic mass is 10.1. The fraction of sp³-hybridized carbons (Fsp3) is 0.462. The van der Waals surface area contributed by atoms with Gasteiger partial charge in [0.1, 0.15) is 5.15 Å². The third kappa shape index (κ3) is 2.42. The van der Waals surface area contributed by atoms with E-state index in [0.717, 1.165) is 10.9 Å². The number of amides is 2. The Morgan fingerprint density at radius 3 is 3.05 bits per heavy atom. The van der Waals surface area contributed by atoms with E-state index >= 15 is 0 Å². The summed E-state index contributed by atoms with van der Waals surface area (Å²) in [6, 6.07) is 1.84. The SMILES string of the molecule is O=C(c1cc(Br)cnc1Cl)N1CCN2C(=O)CCC2C1. The summed E-state index contributed by atoms with van der Waals surface area (Å²) >= 11 is 9.30. The van der Waals surface area contributed by atoms with Gasteiger partial charge in [-0.15, -0.1) is 0 Å². The lowest BCUT2D eigenvalue weighted by Gasteiger charge is -2.37. The van der Waals surface area contributed by atoms with Gasteiger partial charge in [-0.2, -0.15) is 0 Å². The summed E-state index contributed by atoms with van der Waals surface area (Å²) < 4.78 is 0.722. The van der Waals surface area contributed by atoms with Crippen LogP contribution >= 0.6 is 27.5 Å². The second-order valence-corrected chi connectivity index (χ2v) is 6.30. The van der Waals surface area contributed by atoms with E-state index < -0.39 is 0 Å². The number of carbonyl (C=O) groups is 2. The topological polar surface area (TPSA) is 53.5 Å². The Morgan fingerprint density at radius 1 is 1.45 bits per heavy atom. The minimum Gasteiger partial charge on any atom is -0.336 e. The number of hydrogen-bond acceptors (Lipinski definition) is 3. The molecule has 2 aliphatic rings. The molecule has 1 aromatic rings. The van der Waals surface area contributed by atoms with Gasteiger partial charge in [0.05, 0.1) is 5.56 Å². The maximum atomic E-state index is 12.5. The van der Waals surface area contributed by atoms with Gasteiger partial charge in [-0.25, -0.2) is 4.98 Å². The number of aromatic nitrogens is 1. The molecule has 2 fully saturated rings. The summed E-state index contributed by atoms with van der Waals surface area (Å²) in [6.45, 7) is 1.73. The van der Waals surface area contributed by atoms with Crippen molar-refractivity contribution in [1.29, 1.82) is 0 Å². The normalized spacial score (nSPS) is 22.1. The molecule has 3 rings (SSSR count). The molecular formula is C13H13BrClN3O2. The first-order valence-corrected chi connectivity index (χ1v) is 7.63. The summed E-state index contributed by atoms with van der Waals surface area (Å²) in [7, 11) is 0. The lowest BCUT2D eigenvalue weighted by Crippen LogP contribution is -2.53. The second kappa shape index (κ2) is 5.33. The fourth-order valence-corrected chi connectivity index (χ4v) is 3.31. The Morgan fingerprint density at radius 2 is 2.25 bits per heavy atom. The van der Waals surface area contributed by atoms with E-state index in [1.165, 1.54) is 0 Å². The van der Waals surface area contributed by atoms with Gasteiger partial charge in [-0.1, -0.05) is 11.6 Å². The highest BCUT2D eigenvalue weighted by molar-refractivity contribution is 9.10. The first-order valence-electron chi connectivity index (χ1n) is 6.46. The van der Waals surface area contributed by atoms with E-state index in [9.17, 15) is 9.59 Å². The third-order valence-electron chi connectivity index (χ3n) is 3.82. The van der Waals surface area contributed by atoms with E-state index in [4.69, 9.17) is 11.6 Å². The van der Waals surface area contributed by atoms with Crippen LogP contribution in [0, 0.1) is 0 Å². The number of rotatable bonds is 1. The molecule has 2 amide bonds. The number of fused-ring (bicyclic) bond motifs is 1. The smallest absolute Gasteiger partial charge is 0.257 e. The number of halogens is 2. The van der Waals surface area contributed by atoms with Gasteiger partial charge < -0.3 is 9.80 Å². The van der Waals surface area contributed by atoms with Crippen LogP contribution in [-0.4, -0.2) is 52.3 Å². The summed E-state index contributed by atoms with van der Waals surface area (Å²) in [5.74, 6) is 0.0760. The van der Waals surface area contributed by atoms with Crippen LogP contribution in [0.4, 0.5) is 0 Å². The van der Waals surface area contributed by atoms with Crippen LogP contribution in [0.1, 0.15) is 23.2 Å². The Labute approximate surface area is 130 Å². The van der Waals surface area contributed by atoms with Crippen LogP contribution in [0.15, 0.2) is 16.7 Å². The summed E-state index contributed by atoms with van der Waals surface area (Å²) in [6.07, 6.45) is 2.98. The van der Waals surface area contributed by atoms with Crippen molar-refractivity contribution in [2.24, 2.45) is 0 Å². The van der Waals surface area contributed by atoms with Crippen molar-refractivity contribution in [2.45, 2.75) is 18.9 Å². The van der Waals surface area contributed by atoms with Gasteiger partial charge in [0, 0.05) is 42.8 Å². The zero-order valence-electron chi connectivity index (χ0n) is 10.7. The Balaban J connectivity index is 1.78. The molecule has 106 valence electrons. The highest BCUT2D eigenvalue weighted by Gasteiger charge is 2.37. The van der Waals surface area contributed by atoms with E-state index in [0.29, 0.717) is 31.6 Å². The molecular weight excluding hydrogens is 346 g/mol. The van der Waals surface area contributed by atoms with Crippen molar-refractivity contribution in [3.05, 3.63) is 27.5 Å². The van der Waals surface area contributed by atoms with Gasteiger partial charge in [0.25, 0.3) is 5.91 Å². The van der Waals surface area contributed by atoms with Crippen LogP contribution in [0.2, 0.25) is 5.15 Å². The Bertz CT molecular complexity index is 581. The number of carbonyl (C=O) groups excluding carboxylic acids is 2. The van der Waals surface area contributed by atoms with Crippen molar-refractivity contribution >= 4 is 39.3 Å². The van der Waals surface area contributed by atoms with Crippen LogP contribution in [0.5, 0.6) is 0 Å². The maximum Gasteiger partial charge on any atom is 0.257 e. The molecule has 0 aromatic carbocycles. The molecule has 0 saturated carbocycles. The van der Waals surface area contributed by atoms with Crippen LogP contribution < -0.4 is 0 Å². The van der Waals surface area contributed by atoms with E-state index in [2.05, 4.69) is 20.9 Å². The molecule has 1 atom stereocenters. The van der Waals surface area contributed by atoms with Gasteiger partial charge in [-0.05, 0) is 28.4 Å². The molecule has 2 saturated heterocycles. The zero-order chi connectivity index (χ0) is 14.3. The molecule has 3 heterocycles. The second-order valence-electron chi connectivity index (χ2n) is 5.02. The van der Waals surface area contributed by atoms with Crippen LogP contribution in [0.3, 0.4) is 0 Å². The van der Waals surface area contributed by atoms with Gasteiger partial charge in [0.15, 0.2) is 0 Å². The van der Waals surface area contributed by atoms with Crippen LogP contribution in [-0.2, 0) is 4.79 Å². The zero-order valence-corrected chi connectivity index (χ0v) is 13.0. The van der Waals surface area contributed by atoms with Gasteiger partial charge in [-0.3, -0.25) is 9.59 Å².